The van der Waals surface area contributed by atoms with Gasteiger partial charge in [-0.2, -0.15) is 4.98 Å². The Kier molecular flexibility index (Phi) is 5.18. The van der Waals surface area contributed by atoms with Crippen molar-refractivity contribution in [2.75, 3.05) is 6.54 Å². The van der Waals surface area contributed by atoms with Gasteiger partial charge >= 0.3 is 5.97 Å². The monoisotopic (exact) mass is 389 g/mol. The number of nitrogens with zero attached hydrogens (tertiary/aromatic N) is 3. The van der Waals surface area contributed by atoms with E-state index in [1.165, 1.54) is 0 Å². The number of carboxylic acids is 1. The molecule has 0 saturated carbocycles. The van der Waals surface area contributed by atoms with E-state index in [-0.39, 0.29) is 23.8 Å². The molecule has 2 N–H and O–H groups in total. The standard InChI is InChI=1S/C20H27N3O5/c1-12-8-9-13(15-21-17(28-22-15)19(2,3)27)11-23(12)18(26)20(4)10-6-5-7-14(20)16(24)25/h5-7,10,12-14,27H,8-9,11H2,1-4H3,(H,24,25)/t12-,13-,14?,20?/m1/s1. The van der Waals surface area contributed by atoms with Crippen LogP contribution in [0.25, 0.3) is 0 Å². The van der Waals surface area contributed by atoms with E-state index in [9.17, 15) is 19.8 Å². The summed E-state index contributed by atoms with van der Waals surface area (Å²) in [7, 11) is 0. The smallest absolute Gasteiger partial charge is 0.311 e. The number of aliphatic hydroxyl groups is 1. The summed E-state index contributed by atoms with van der Waals surface area (Å²) in [4.78, 5) is 31.2. The fourth-order valence-electron chi connectivity index (χ4n) is 3.84. The highest BCUT2D eigenvalue weighted by atomic mass is 16.5. The van der Waals surface area contributed by atoms with Gasteiger partial charge in [-0.25, -0.2) is 0 Å². The quantitative estimate of drug-likeness (QED) is 0.811. The molecule has 1 amide bonds. The molecule has 0 radical (unpaired) electrons. The third kappa shape index (κ3) is 3.61. The first-order chi connectivity index (χ1) is 13.0. The van der Waals surface area contributed by atoms with Gasteiger partial charge in [0, 0.05) is 18.5 Å². The summed E-state index contributed by atoms with van der Waals surface area (Å²) in [6, 6.07) is -0.0185. The number of hydrogen-bond acceptors (Lipinski definition) is 6. The van der Waals surface area contributed by atoms with Crippen LogP contribution in [-0.2, 0) is 15.2 Å². The molecule has 3 rings (SSSR count). The second-order valence-corrected chi connectivity index (χ2v) is 8.44. The summed E-state index contributed by atoms with van der Waals surface area (Å²) in [5, 5.41) is 23.6. The molecule has 28 heavy (non-hydrogen) atoms. The lowest BCUT2D eigenvalue weighted by Gasteiger charge is -2.43. The number of aromatic nitrogens is 2. The molecule has 8 heteroatoms. The normalized spacial score (nSPS) is 30.5. The molecule has 0 spiro atoms. The van der Waals surface area contributed by atoms with E-state index in [2.05, 4.69) is 10.1 Å². The maximum atomic E-state index is 13.4. The van der Waals surface area contributed by atoms with Gasteiger partial charge in [-0.15, -0.1) is 0 Å². The summed E-state index contributed by atoms with van der Waals surface area (Å²) in [5.74, 6) is -1.69. The van der Waals surface area contributed by atoms with E-state index in [1.54, 1.807) is 50.0 Å². The van der Waals surface area contributed by atoms with Crippen molar-refractivity contribution >= 4 is 11.9 Å². The Balaban J connectivity index is 1.84. The number of likely N-dealkylation sites (tertiary alicyclic amines) is 1. The number of piperidine rings is 1. The first kappa shape index (κ1) is 20.3. The Hall–Kier alpha value is -2.48. The van der Waals surface area contributed by atoms with Crippen LogP contribution in [0.15, 0.2) is 28.8 Å². The molecule has 1 fully saturated rings. The largest absolute Gasteiger partial charge is 0.481 e. The topological polar surface area (TPSA) is 117 Å². The maximum absolute atomic E-state index is 13.4. The maximum Gasteiger partial charge on any atom is 0.311 e. The molecule has 1 saturated heterocycles. The van der Waals surface area contributed by atoms with Crippen LogP contribution >= 0.6 is 0 Å². The zero-order valence-corrected chi connectivity index (χ0v) is 16.6. The van der Waals surface area contributed by atoms with Crippen LogP contribution in [0.2, 0.25) is 0 Å². The first-order valence-electron chi connectivity index (χ1n) is 9.50. The SMILES string of the molecule is C[C@@H]1CC[C@@H](c2noc(C(C)(C)O)n2)CN1C(=O)C1(C)C=CC=CC1C(=O)O. The number of aliphatic carboxylic acids is 1. The molecule has 0 bridgehead atoms. The fraction of sp³-hybridized carbons (Fsp3) is 0.600. The number of carbonyl (C=O) groups excluding carboxylic acids is 1. The van der Waals surface area contributed by atoms with E-state index in [0.717, 1.165) is 12.8 Å². The summed E-state index contributed by atoms with van der Waals surface area (Å²) < 4.78 is 5.18. The molecule has 1 aromatic rings. The Morgan fingerprint density at radius 2 is 2.04 bits per heavy atom. The molecule has 1 aliphatic heterocycles. The summed E-state index contributed by atoms with van der Waals surface area (Å²) in [6.45, 7) is 7.15. The zero-order chi connectivity index (χ0) is 20.7. The number of allylic oxidation sites excluding steroid dienone is 2. The number of hydrogen-bond donors (Lipinski definition) is 2. The van der Waals surface area contributed by atoms with Crippen molar-refractivity contribution in [3.63, 3.8) is 0 Å². The van der Waals surface area contributed by atoms with Crippen molar-refractivity contribution in [3.05, 3.63) is 36.0 Å². The van der Waals surface area contributed by atoms with E-state index in [0.29, 0.717) is 12.4 Å². The Morgan fingerprint density at radius 3 is 2.64 bits per heavy atom. The molecule has 0 aromatic carbocycles. The van der Waals surface area contributed by atoms with Crippen molar-refractivity contribution in [3.8, 4) is 0 Å². The van der Waals surface area contributed by atoms with Gasteiger partial charge in [0.25, 0.3) is 5.89 Å². The molecular weight excluding hydrogens is 362 g/mol. The molecular formula is C20H27N3O5. The average Bonchev–Trinajstić information content (AvgIpc) is 3.12. The highest BCUT2D eigenvalue weighted by Gasteiger charge is 2.47. The number of amides is 1. The van der Waals surface area contributed by atoms with Crippen molar-refractivity contribution in [1.29, 1.82) is 0 Å². The highest BCUT2D eigenvalue weighted by molar-refractivity contribution is 5.91. The van der Waals surface area contributed by atoms with E-state index < -0.39 is 22.9 Å². The summed E-state index contributed by atoms with van der Waals surface area (Å²) in [5.41, 5.74) is -2.38. The minimum absolute atomic E-state index is 0.0185. The van der Waals surface area contributed by atoms with Crippen LogP contribution in [0.5, 0.6) is 0 Å². The van der Waals surface area contributed by atoms with E-state index in [1.807, 2.05) is 6.92 Å². The van der Waals surface area contributed by atoms with Crippen LogP contribution in [0.4, 0.5) is 0 Å². The van der Waals surface area contributed by atoms with Crippen molar-refractivity contribution in [2.24, 2.45) is 11.3 Å². The lowest BCUT2D eigenvalue weighted by Crippen LogP contribution is -2.53. The average molecular weight is 389 g/mol. The van der Waals surface area contributed by atoms with Crippen LogP contribution < -0.4 is 0 Å². The van der Waals surface area contributed by atoms with Gasteiger partial charge in [-0.3, -0.25) is 9.59 Å². The van der Waals surface area contributed by atoms with Gasteiger partial charge in [-0.1, -0.05) is 29.5 Å². The highest BCUT2D eigenvalue weighted by Crippen LogP contribution is 2.39. The van der Waals surface area contributed by atoms with Crippen molar-refractivity contribution < 1.29 is 24.3 Å². The van der Waals surface area contributed by atoms with E-state index >= 15 is 0 Å². The minimum atomic E-state index is -1.23. The van der Waals surface area contributed by atoms with Gasteiger partial charge in [0.2, 0.25) is 5.91 Å². The molecule has 2 aliphatic rings. The lowest BCUT2D eigenvalue weighted by atomic mass is 9.72. The molecule has 1 aliphatic carbocycles. The summed E-state index contributed by atoms with van der Waals surface area (Å²) >= 11 is 0. The van der Waals surface area contributed by atoms with Crippen molar-refractivity contribution in [2.45, 2.75) is 58.1 Å². The van der Waals surface area contributed by atoms with Gasteiger partial charge in [0.1, 0.15) is 5.60 Å². The Labute approximate surface area is 163 Å². The number of carboxylic acid groups (broad SMARTS) is 1. The van der Waals surface area contributed by atoms with Crippen LogP contribution in [0.3, 0.4) is 0 Å². The molecule has 152 valence electrons. The Morgan fingerprint density at radius 1 is 1.32 bits per heavy atom. The molecule has 8 nitrogen and oxygen atoms in total. The second kappa shape index (κ2) is 7.16. The van der Waals surface area contributed by atoms with Crippen LogP contribution in [0, 0.1) is 11.3 Å². The first-order valence-corrected chi connectivity index (χ1v) is 9.50. The molecule has 2 heterocycles. The third-order valence-corrected chi connectivity index (χ3v) is 5.70. The van der Waals surface area contributed by atoms with E-state index in [4.69, 9.17) is 4.52 Å². The van der Waals surface area contributed by atoms with Crippen LogP contribution in [-0.4, -0.2) is 49.7 Å². The minimum Gasteiger partial charge on any atom is -0.481 e. The van der Waals surface area contributed by atoms with Gasteiger partial charge in [0.15, 0.2) is 5.82 Å². The second-order valence-electron chi connectivity index (χ2n) is 8.44. The summed E-state index contributed by atoms with van der Waals surface area (Å²) in [6.07, 6.45) is 8.14. The lowest BCUT2D eigenvalue weighted by molar-refractivity contribution is -0.154. The van der Waals surface area contributed by atoms with Gasteiger partial charge in [-0.05, 0) is 40.5 Å². The predicted octanol–water partition coefficient (Wildman–Crippen LogP) is 2.22. The van der Waals surface area contributed by atoms with Crippen molar-refractivity contribution in [1.82, 2.24) is 15.0 Å². The molecule has 2 unspecified atom stereocenters. The molecule has 4 atom stereocenters. The Bertz CT molecular complexity index is 822. The molecule has 1 aromatic heterocycles. The predicted molar refractivity (Wildman–Crippen MR) is 100 cm³/mol. The number of carbonyl (C=O) groups is 2. The zero-order valence-electron chi connectivity index (χ0n) is 16.6. The number of rotatable bonds is 4. The third-order valence-electron chi connectivity index (χ3n) is 5.70. The van der Waals surface area contributed by atoms with Gasteiger partial charge in [0.05, 0.1) is 11.3 Å². The van der Waals surface area contributed by atoms with Gasteiger partial charge < -0.3 is 19.6 Å². The van der Waals surface area contributed by atoms with Crippen LogP contribution in [0.1, 0.15) is 58.2 Å². The fourth-order valence-corrected chi connectivity index (χ4v) is 3.84.